The molecule has 0 saturated heterocycles. The van der Waals surface area contributed by atoms with Gasteiger partial charge < -0.3 is 5.73 Å². The summed E-state index contributed by atoms with van der Waals surface area (Å²) >= 11 is 11.3. The van der Waals surface area contributed by atoms with Crippen LogP contribution in [0.25, 0.3) is 0 Å². The second-order valence-electron chi connectivity index (χ2n) is 2.94. The minimum Gasteiger partial charge on any atom is -0.324 e. The molecule has 0 spiro atoms. The Balaban J connectivity index is 0.00000225. The van der Waals surface area contributed by atoms with Gasteiger partial charge in [-0.05, 0) is 0 Å². The average Bonchev–Trinajstić information content (AvgIpc) is 1.99. The van der Waals surface area contributed by atoms with Crippen molar-refractivity contribution in [1.29, 1.82) is 0 Å². The number of halogens is 6. The summed E-state index contributed by atoms with van der Waals surface area (Å²) in [5.41, 5.74) is 5.44. The van der Waals surface area contributed by atoms with Crippen molar-refractivity contribution >= 4 is 35.6 Å². The van der Waals surface area contributed by atoms with E-state index >= 15 is 0 Å². The minimum atomic E-state index is -4.35. The molecule has 0 bridgehead atoms. The number of hydrogen-bond acceptors (Lipinski definition) is 2. The Bertz CT molecular complexity index is 337. The maximum Gasteiger partial charge on any atom is 0.390 e. The van der Waals surface area contributed by atoms with Gasteiger partial charge in [-0.2, -0.15) is 13.2 Å². The highest BCUT2D eigenvalue weighted by Crippen LogP contribution is 2.34. The fourth-order valence-corrected chi connectivity index (χ4v) is 1.77. The number of alkyl halides is 3. The fraction of sp³-hybridized carbons (Fsp3) is 0.375. The van der Waals surface area contributed by atoms with Crippen molar-refractivity contribution < 1.29 is 13.2 Å². The van der Waals surface area contributed by atoms with Crippen LogP contribution in [0.15, 0.2) is 12.4 Å². The third kappa shape index (κ3) is 4.33. The molecule has 1 heterocycles. The van der Waals surface area contributed by atoms with E-state index in [0.29, 0.717) is 0 Å². The van der Waals surface area contributed by atoms with Gasteiger partial charge in [0.1, 0.15) is 0 Å². The van der Waals surface area contributed by atoms with E-state index < -0.39 is 18.6 Å². The van der Waals surface area contributed by atoms with Gasteiger partial charge >= 0.3 is 6.18 Å². The second kappa shape index (κ2) is 5.91. The van der Waals surface area contributed by atoms with Crippen LogP contribution in [0.3, 0.4) is 0 Å². The molecular weight excluding hydrogens is 287 g/mol. The Hall–Kier alpha value is -0.230. The second-order valence-corrected chi connectivity index (χ2v) is 3.76. The van der Waals surface area contributed by atoms with E-state index in [1.807, 2.05) is 0 Å². The summed E-state index contributed by atoms with van der Waals surface area (Å²) in [6.45, 7) is 0. The number of pyridine rings is 1. The van der Waals surface area contributed by atoms with Gasteiger partial charge in [0.05, 0.1) is 16.5 Å². The first-order valence-corrected chi connectivity index (χ1v) is 4.68. The summed E-state index contributed by atoms with van der Waals surface area (Å²) < 4.78 is 36.2. The molecule has 1 rings (SSSR count). The van der Waals surface area contributed by atoms with Crippen LogP contribution in [0, 0.1) is 0 Å². The maximum atomic E-state index is 12.1. The lowest BCUT2D eigenvalue weighted by Gasteiger charge is -2.16. The maximum absolute atomic E-state index is 12.1. The number of hydrogen-bond donors (Lipinski definition) is 1. The number of rotatable bonds is 2. The molecule has 0 unspecified atom stereocenters. The SMILES string of the molecule is Cl.N[C@@H](CC(F)(F)F)c1c(Cl)cncc1Cl. The molecule has 0 aliphatic heterocycles. The van der Waals surface area contributed by atoms with E-state index in [-0.39, 0.29) is 28.0 Å². The molecule has 92 valence electrons. The topological polar surface area (TPSA) is 38.9 Å². The molecule has 8 heteroatoms. The van der Waals surface area contributed by atoms with E-state index in [1.165, 1.54) is 12.4 Å². The third-order valence-corrected chi connectivity index (χ3v) is 2.31. The van der Waals surface area contributed by atoms with Gasteiger partial charge in [0.2, 0.25) is 0 Å². The molecule has 0 aliphatic carbocycles. The van der Waals surface area contributed by atoms with E-state index in [0.717, 1.165) is 0 Å². The van der Waals surface area contributed by atoms with Gasteiger partial charge in [-0.15, -0.1) is 12.4 Å². The van der Waals surface area contributed by atoms with Crippen LogP contribution in [-0.4, -0.2) is 11.2 Å². The summed E-state index contributed by atoms with van der Waals surface area (Å²) in [4.78, 5) is 3.62. The summed E-state index contributed by atoms with van der Waals surface area (Å²) in [6.07, 6.45) is -3.11. The van der Waals surface area contributed by atoms with Crippen LogP contribution in [0.2, 0.25) is 10.0 Å². The first kappa shape index (κ1) is 15.8. The highest BCUT2D eigenvalue weighted by Gasteiger charge is 2.32. The molecule has 2 nitrogen and oxygen atoms in total. The predicted octanol–water partition coefficient (Wildman–Crippen LogP) is 3.76. The number of aromatic nitrogens is 1. The zero-order chi connectivity index (χ0) is 11.6. The normalized spacial score (nSPS) is 13.1. The minimum absolute atomic E-state index is 0. The molecule has 0 saturated carbocycles. The van der Waals surface area contributed by atoms with Crippen LogP contribution < -0.4 is 5.73 Å². The molecule has 0 amide bonds. The van der Waals surface area contributed by atoms with E-state index in [1.54, 1.807) is 0 Å². The molecule has 16 heavy (non-hydrogen) atoms. The van der Waals surface area contributed by atoms with Gasteiger partial charge in [-0.25, -0.2) is 0 Å². The predicted molar refractivity (Wildman–Crippen MR) is 59.1 cm³/mol. The number of nitrogens with zero attached hydrogens (tertiary/aromatic N) is 1. The molecule has 0 aliphatic rings. The monoisotopic (exact) mass is 294 g/mol. The third-order valence-electron chi connectivity index (χ3n) is 1.71. The van der Waals surface area contributed by atoms with Crippen LogP contribution in [0.5, 0.6) is 0 Å². The highest BCUT2D eigenvalue weighted by molar-refractivity contribution is 6.35. The van der Waals surface area contributed by atoms with Crippen LogP contribution >= 0.6 is 35.6 Å². The lowest BCUT2D eigenvalue weighted by atomic mass is 10.1. The van der Waals surface area contributed by atoms with E-state index in [9.17, 15) is 13.2 Å². The Kier molecular flexibility index (Phi) is 5.82. The lowest BCUT2D eigenvalue weighted by Crippen LogP contribution is -2.20. The van der Waals surface area contributed by atoms with Crippen LogP contribution in [-0.2, 0) is 0 Å². The van der Waals surface area contributed by atoms with E-state index in [2.05, 4.69) is 4.98 Å². The quantitative estimate of drug-likeness (QED) is 0.902. The standard InChI is InChI=1S/C8H7Cl2F3N2.ClH/c9-4-2-15-3-5(10)7(4)6(14)1-8(11,12)13;/h2-3,6H,1,14H2;1H/t6-;/m0./s1. The van der Waals surface area contributed by atoms with E-state index in [4.69, 9.17) is 28.9 Å². The molecule has 0 aromatic carbocycles. The molecule has 0 fully saturated rings. The van der Waals surface area contributed by atoms with Crippen LogP contribution in [0.1, 0.15) is 18.0 Å². The van der Waals surface area contributed by atoms with Crippen molar-refractivity contribution in [3.05, 3.63) is 28.0 Å². The largest absolute Gasteiger partial charge is 0.390 e. The zero-order valence-corrected chi connectivity index (χ0v) is 10.1. The van der Waals surface area contributed by atoms with Gasteiger partial charge in [-0.3, -0.25) is 4.98 Å². The molecule has 2 N–H and O–H groups in total. The summed E-state index contributed by atoms with van der Waals surface area (Å²) in [6, 6.07) is -1.27. The van der Waals surface area contributed by atoms with Crippen molar-refractivity contribution in [3.63, 3.8) is 0 Å². The van der Waals surface area contributed by atoms with Gasteiger partial charge in [-0.1, -0.05) is 23.2 Å². The molecule has 1 aromatic heterocycles. The molecule has 1 aromatic rings. The van der Waals surface area contributed by atoms with Crippen molar-refractivity contribution in [3.8, 4) is 0 Å². The Labute approximate surface area is 106 Å². The number of nitrogens with two attached hydrogens (primary N) is 1. The smallest absolute Gasteiger partial charge is 0.324 e. The molecule has 0 radical (unpaired) electrons. The van der Waals surface area contributed by atoms with Crippen molar-refractivity contribution in [1.82, 2.24) is 4.98 Å². The summed E-state index contributed by atoms with van der Waals surface area (Å²) in [5.74, 6) is 0. The summed E-state index contributed by atoms with van der Waals surface area (Å²) in [5, 5.41) is 0.0819. The Morgan fingerprint density at radius 2 is 1.69 bits per heavy atom. The lowest BCUT2D eigenvalue weighted by molar-refractivity contribution is -0.138. The van der Waals surface area contributed by atoms with Crippen LogP contribution in [0.4, 0.5) is 13.2 Å². The molecular formula is C8H8Cl3F3N2. The summed E-state index contributed by atoms with van der Waals surface area (Å²) in [7, 11) is 0. The highest BCUT2D eigenvalue weighted by atomic mass is 35.5. The van der Waals surface area contributed by atoms with Gasteiger partial charge in [0.25, 0.3) is 0 Å². The zero-order valence-electron chi connectivity index (χ0n) is 7.76. The van der Waals surface area contributed by atoms with Crippen molar-refractivity contribution in [2.75, 3.05) is 0 Å². The van der Waals surface area contributed by atoms with Gasteiger partial charge in [0.15, 0.2) is 0 Å². The van der Waals surface area contributed by atoms with Crippen molar-refractivity contribution in [2.24, 2.45) is 5.73 Å². The van der Waals surface area contributed by atoms with Gasteiger partial charge in [0, 0.05) is 24.0 Å². The fourth-order valence-electron chi connectivity index (χ4n) is 1.13. The van der Waals surface area contributed by atoms with Crippen molar-refractivity contribution in [2.45, 2.75) is 18.6 Å². The Morgan fingerprint density at radius 1 is 1.25 bits per heavy atom. The molecule has 1 atom stereocenters. The average molecular weight is 296 g/mol. The first-order valence-electron chi connectivity index (χ1n) is 3.92. The Morgan fingerprint density at radius 3 is 2.06 bits per heavy atom. The first-order chi connectivity index (χ1) is 6.81.